The largest absolute Gasteiger partial charge is 0.389 e. The summed E-state index contributed by atoms with van der Waals surface area (Å²) in [6.07, 6.45) is 1.65. The summed E-state index contributed by atoms with van der Waals surface area (Å²) in [6.45, 7) is 2.03. The topological polar surface area (TPSA) is 80.9 Å². The van der Waals surface area contributed by atoms with E-state index in [9.17, 15) is 4.79 Å². The van der Waals surface area contributed by atoms with Gasteiger partial charge in [-0.25, -0.2) is 0 Å². The van der Waals surface area contributed by atoms with Gasteiger partial charge in [-0.05, 0) is 52.1 Å². The molecule has 1 heterocycles. The number of hydrogen-bond acceptors (Lipinski definition) is 5. The van der Waals surface area contributed by atoms with Gasteiger partial charge in [0.25, 0.3) is 5.91 Å². The summed E-state index contributed by atoms with van der Waals surface area (Å²) in [5.41, 5.74) is 7.69. The second-order valence-corrected chi connectivity index (χ2v) is 6.36. The number of nitrogens with one attached hydrogen (secondary N) is 1. The molecular formula is C13H13BrN4OS2. The van der Waals surface area contributed by atoms with E-state index in [0.717, 1.165) is 40.1 Å². The average molecular weight is 385 g/mol. The van der Waals surface area contributed by atoms with E-state index in [4.69, 9.17) is 18.0 Å². The highest BCUT2D eigenvalue weighted by molar-refractivity contribution is 9.10. The quantitative estimate of drug-likeness (QED) is 0.773. The molecule has 0 atom stereocenters. The summed E-state index contributed by atoms with van der Waals surface area (Å²) >= 11 is 9.42. The van der Waals surface area contributed by atoms with Crippen LogP contribution in [-0.4, -0.2) is 20.5 Å². The molecule has 0 aliphatic heterocycles. The van der Waals surface area contributed by atoms with E-state index in [1.165, 1.54) is 0 Å². The molecule has 0 bridgehead atoms. The first kappa shape index (κ1) is 16.0. The minimum atomic E-state index is -0.211. The number of aryl methyl sites for hydroxylation is 1. The van der Waals surface area contributed by atoms with E-state index in [2.05, 4.69) is 30.8 Å². The first-order valence-corrected chi connectivity index (χ1v) is 8.22. The maximum absolute atomic E-state index is 12.3. The van der Waals surface area contributed by atoms with Gasteiger partial charge < -0.3 is 11.1 Å². The van der Waals surface area contributed by atoms with Crippen molar-refractivity contribution in [2.24, 2.45) is 5.73 Å². The summed E-state index contributed by atoms with van der Waals surface area (Å²) in [5, 5.41) is 6.83. The molecule has 0 aliphatic carbocycles. The maximum Gasteiger partial charge on any atom is 0.269 e. The second kappa shape index (κ2) is 7.06. The van der Waals surface area contributed by atoms with Gasteiger partial charge in [0.2, 0.25) is 0 Å². The van der Waals surface area contributed by atoms with Gasteiger partial charge in [0.1, 0.15) is 9.87 Å². The van der Waals surface area contributed by atoms with Crippen LogP contribution >= 0.6 is 39.7 Å². The van der Waals surface area contributed by atoms with Gasteiger partial charge in [0.05, 0.1) is 11.4 Å². The van der Waals surface area contributed by atoms with Crippen molar-refractivity contribution in [2.75, 3.05) is 5.32 Å². The maximum atomic E-state index is 12.3. The molecule has 1 aromatic carbocycles. The van der Waals surface area contributed by atoms with Crippen molar-refractivity contribution in [3.8, 4) is 0 Å². The highest BCUT2D eigenvalue weighted by atomic mass is 79.9. The summed E-state index contributed by atoms with van der Waals surface area (Å²) in [6, 6.07) is 5.29. The molecule has 0 radical (unpaired) electrons. The molecule has 2 rings (SSSR count). The van der Waals surface area contributed by atoms with E-state index in [1.54, 1.807) is 18.2 Å². The van der Waals surface area contributed by atoms with Crippen LogP contribution in [0.4, 0.5) is 5.69 Å². The van der Waals surface area contributed by atoms with Crippen LogP contribution in [0.2, 0.25) is 0 Å². The van der Waals surface area contributed by atoms with Gasteiger partial charge in [-0.2, -0.15) is 0 Å². The first-order valence-electron chi connectivity index (χ1n) is 6.24. The number of anilines is 1. The Labute approximate surface area is 140 Å². The average Bonchev–Trinajstić information content (AvgIpc) is 2.89. The van der Waals surface area contributed by atoms with E-state index < -0.39 is 0 Å². The predicted octanol–water partition coefficient (Wildman–Crippen LogP) is 3.14. The molecule has 21 heavy (non-hydrogen) atoms. The lowest BCUT2D eigenvalue weighted by atomic mass is 10.2. The molecular weight excluding hydrogens is 372 g/mol. The molecule has 0 saturated carbocycles. The van der Waals surface area contributed by atoms with Crippen LogP contribution in [0.5, 0.6) is 0 Å². The van der Waals surface area contributed by atoms with Crippen molar-refractivity contribution in [1.29, 1.82) is 0 Å². The van der Waals surface area contributed by atoms with Crippen LogP contribution in [0.25, 0.3) is 0 Å². The smallest absolute Gasteiger partial charge is 0.269 e. The third-order valence-corrected chi connectivity index (χ3v) is 4.41. The van der Waals surface area contributed by atoms with Crippen LogP contribution in [0.15, 0.2) is 22.7 Å². The molecule has 0 spiro atoms. The highest BCUT2D eigenvalue weighted by Gasteiger charge is 2.16. The van der Waals surface area contributed by atoms with Crippen molar-refractivity contribution in [3.63, 3.8) is 0 Å². The number of nitrogens with two attached hydrogens (primary N) is 1. The molecule has 1 aromatic heterocycles. The summed E-state index contributed by atoms with van der Waals surface area (Å²) in [7, 11) is 0. The third-order valence-electron chi connectivity index (χ3n) is 2.75. The van der Waals surface area contributed by atoms with Crippen LogP contribution in [0.3, 0.4) is 0 Å². The summed E-state index contributed by atoms with van der Waals surface area (Å²) in [4.78, 5) is 13.1. The lowest BCUT2D eigenvalue weighted by molar-refractivity contribution is 0.102. The molecule has 1 amide bonds. The van der Waals surface area contributed by atoms with E-state index in [0.29, 0.717) is 15.6 Å². The fourth-order valence-electron chi connectivity index (χ4n) is 1.73. The minimum Gasteiger partial charge on any atom is -0.389 e. The fraction of sp³-hybridized carbons (Fsp3) is 0.231. The first-order chi connectivity index (χ1) is 10.0. The lowest BCUT2D eigenvalue weighted by Gasteiger charge is -2.08. The molecule has 2 aromatic rings. The molecule has 5 nitrogen and oxygen atoms in total. The van der Waals surface area contributed by atoms with Gasteiger partial charge in [-0.1, -0.05) is 30.1 Å². The monoisotopic (exact) mass is 384 g/mol. The Morgan fingerprint density at radius 3 is 2.90 bits per heavy atom. The molecule has 0 unspecified atom stereocenters. The van der Waals surface area contributed by atoms with Crippen molar-refractivity contribution in [2.45, 2.75) is 19.8 Å². The molecule has 110 valence electrons. The van der Waals surface area contributed by atoms with Gasteiger partial charge in [-0.3, -0.25) is 4.79 Å². The van der Waals surface area contributed by atoms with Gasteiger partial charge in [0.15, 0.2) is 0 Å². The Bertz CT molecular complexity index is 687. The predicted molar refractivity (Wildman–Crippen MR) is 91.9 cm³/mol. The number of nitrogens with zero attached hydrogens (tertiary/aromatic N) is 2. The van der Waals surface area contributed by atoms with Crippen molar-refractivity contribution >= 4 is 56.3 Å². The van der Waals surface area contributed by atoms with Crippen LogP contribution in [0.1, 0.15) is 34.3 Å². The zero-order valence-electron chi connectivity index (χ0n) is 11.2. The molecule has 0 fully saturated rings. The standard InChI is InChI=1S/C13H13BrN4OS2/c1-2-3-10-11(21-18-17-10)13(19)16-9-5-4-7(12(15)20)6-8(9)14/h4-6H,2-3H2,1H3,(H2,15,20)(H,16,19). The van der Waals surface area contributed by atoms with Gasteiger partial charge in [0, 0.05) is 10.0 Å². The Morgan fingerprint density at radius 2 is 2.29 bits per heavy atom. The van der Waals surface area contributed by atoms with Crippen molar-refractivity contribution < 1.29 is 4.79 Å². The highest BCUT2D eigenvalue weighted by Crippen LogP contribution is 2.25. The second-order valence-electron chi connectivity index (χ2n) is 4.31. The number of halogens is 1. The number of benzene rings is 1. The molecule has 0 saturated heterocycles. The molecule has 3 N–H and O–H groups in total. The number of amides is 1. The number of carbonyl (C=O) groups is 1. The Hall–Kier alpha value is -1.38. The number of hydrogen-bond donors (Lipinski definition) is 2. The van der Waals surface area contributed by atoms with Crippen LogP contribution < -0.4 is 11.1 Å². The van der Waals surface area contributed by atoms with E-state index >= 15 is 0 Å². The lowest BCUT2D eigenvalue weighted by Crippen LogP contribution is -2.14. The van der Waals surface area contributed by atoms with Crippen LogP contribution in [0, 0.1) is 0 Å². The Kier molecular flexibility index (Phi) is 5.38. The molecule has 0 aliphatic rings. The summed E-state index contributed by atoms with van der Waals surface area (Å²) < 4.78 is 4.57. The van der Waals surface area contributed by atoms with Gasteiger partial charge in [-0.15, -0.1) is 5.10 Å². The van der Waals surface area contributed by atoms with Crippen molar-refractivity contribution in [1.82, 2.24) is 9.59 Å². The zero-order valence-corrected chi connectivity index (χ0v) is 14.4. The van der Waals surface area contributed by atoms with Gasteiger partial charge >= 0.3 is 0 Å². The normalized spacial score (nSPS) is 10.4. The summed E-state index contributed by atoms with van der Waals surface area (Å²) in [5.74, 6) is -0.211. The number of thiocarbonyl (C=S) groups is 1. The number of aromatic nitrogens is 2. The number of rotatable bonds is 5. The Morgan fingerprint density at radius 1 is 1.52 bits per heavy atom. The van der Waals surface area contributed by atoms with Crippen molar-refractivity contribution in [3.05, 3.63) is 38.8 Å². The fourth-order valence-corrected chi connectivity index (χ4v) is 2.94. The third kappa shape index (κ3) is 3.84. The van der Waals surface area contributed by atoms with E-state index in [-0.39, 0.29) is 5.91 Å². The molecule has 8 heteroatoms. The minimum absolute atomic E-state index is 0.211. The zero-order chi connectivity index (χ0) is 15.4. The Balaban J connectivity index is 2.19. The van der Waals surface area contributed by atoms with Crippen LogP contribution in [-0.2, 0) is 6.42 Å². The number of carbonyl (C=O) groups excluding carboxylic acids is 1. The SMILES string of the molecule is CCCc1nnsc1C(=O)Nc1ccc(C(N)=S)cc1Br. The van der Waals surface area contributed by atoms with E-state index in [1.807, 2.05) is 6.92 Å².